The molecule has 0 aliphatic rings. The molecule has 0 saturated heterocycles. The van der Waals surface area contributed by atoms with E-state index < -0.39 is 0 Å². The molecule has 16 heavy (non-hydrogen) atoms. The molecule has 0 atom stereocenters. The number of nitrogens with zero attached hydrogens (tertiary/aromatic N) is 1. The number of benzene rings is 1. The Morgan fingerprint density at radius 3 is 2.50 bits per heavy atom. The first kappa shape index (κ1) is 11.4. The van der Waals surface area contributed by atoms with Gasteiger partial charge in [0.1, 0.15) is 9.90 Å². The number of carbonyl (C=O) groups is 1. The molecule has 1 N–H and O–H groups in total. The first-order chi connectivity index (χ1) is 7.68. The van der Waals surface area contributed by atoms with Crippen LogP contribution in [0.15, 0.2) is 30.3 Å². The van der Waals surface area contributed by atoms with Gasteiger partial charge >= 0.3 is 0 Å². The summed E-state index contributed by atoms with van der Waals surface area (Å²) < 4.78 is 3.79. The maximum atomic E-state index is 11.8. The maximum absolute atomic E-state index is 11.8. The van der Waals surface area contributed by atoms with Gasteiger partial charge in [-0.1, -0.05) is 41.4 Å². The van der Waals surface area contributed by atoms with Gasteiger partial charge in [-0.25, -0.2) is 0 Å². The highest BCUT2D eigenvalue weighted by molar-refractivity contribution is 7.09. The molecular formula is C10H6Cl2N2OS. The lowest BCUT2D eigenvalue weighted by Gasteiger charge is -2.02. The number of rotatable bonds is 2. The third-order valence-electron chi connectivity index (χ3n) is 1.84. The van der Waals surface area contributed by atoms with Crippen LogP contribution in [0, 0.1) is 0 Å². The second-order valence-corrected chi connectivity index (χ2v) is 4.45. The van der Waals surface area contributed by atoms with E-state index in [9.17, 15) is 4.79 Å². The Labute approximate surface area is 106 Å². The number of para-hydroxylation sites is 1. The Morgan fingerprint density at radius 1 is 1.25 bits per heavy atom. The number of nitrogens with one attached hydrogen (secondary N) is 1. The predicted octanol–water partition coefficient (Wildman–Crippen LogP) is 3.70. The Balaban J connectivity index is 2.18. The van der Waals surface area contributed by atoms with E-state index in [0.717, 1.165) is 11.5 Å². The topological polar surface area (TPSA) is 42.0 Å². The first-order valence-corrected chi connectivity index (χ1v) is 5.88. The maximum Gasteiger partial charge on any atom is 0.268 e. The van der Waals surface area contributed by atoms with Gasteiger partial charge in [0.05, 0.1) is 0 Å². The van der Waals surface area contributed by atoms with Crippen molar-refractivity contribution in [2.45, 2.75) is 0 Å². The molecule has 0 fully saturated rings. The fourth-order valence-electron chi connectivity index (χ4n) is 1.11. The van der Waals surface area contributed by atoms with Gasteiger partial charge in [-0.05, 0) is 23.7 Å². The molecule has 1 aromatic heterocycles. The Morgan fingerprint density at radius 2 is 1.94 bits per heavy atom. The van der Waals surface area contributed by atoms with E-state index in [0.29, 0.717) is 10.6 Å². The third kappa shape index (κ3) is 2.35. The molecule has 2 rings (SSSR count). The van der Waals surface area contributed by atoms with Crippen molar-refractivity contribution in [2.75, 3.05) is 5.32 Å². The predicted molar refractivity (Wildman–Crippen MR) is 66.5 cm³/mol. The molecule has 0 radical (unpaired) electrons. The van der Waals surface area contributed by atoms with Crippen molar-refractivity contribution in [3.05, 3.63) is 45.4 Å². The number of anilines is 1. The molecule has 0 unspecified atom stereocenters. The van der Waals surface area contributed by atoms with Gasteiger partial charge in [0.2, 0.25) is 0 Å². The standard InChI is InChI=1S/C10H6Cl2N2OS/c11-7-8(16-14-9(7)12)10(15)13-6-4-2-1-3-5-6/h1-5H,(H,13,15). The van der Waals surface area contributed by atoms with Crippen LogP contribution in [-0.2, 0) is 0 Å². The third-order valence-corrected chi connectivity index (χ3v) is 3.63. The zero-order valence-corrected chi connectivity index (χ0v) is 10.2. The summed E-state index contributed by atoms with van der Waals surface area (Å²) in [5.74, 6) is -0.305. The van der Waals surface area contributed by atoms with E-state index in [1.54, 1.807) is 12.1 Å². The number of aromatic nitrogens is 1. The van der Waals surface area contributed by atoms with Crippen molar-refractivity contribution in [3.63, 3.8) is 0 Å². The Hall–Kier alpha value is -1.10. The number of hydrogen-bond acceptors (Lipinski definition) is 3. The van der Waals surface area contributed by atoms with Crippen LogP contribution in [0.3, 0.4) is 0 Å². The van der Waals surface area contributed by atoms with Crippen molar-refractivity contribution >= 4 is 46.3 Å². The molecule has 2 aromatic rings. The molecule has 82 valence electrons. The summed E-state index contributed by atoms with van der Waals surface area (Å²) in [6.45, 7) is 0. The molecule has 0 aliphatic heterocycles. The highest BCUT2D eigenvalue weighted by Crippen LogP contribution is 2.28. The van der Waals surface area contributed by atoms with Crippen molar-refractivity contribution in [3.8, 4) is 0 Å². The van der Waals surface area contributed by atoms with Crippen LogP contribution < -0.4 is 5.32 Å². The van der Waals surface area contributed by atoms with Gasteiger partial charge in [-0.2, -0.15) is 4.37 Å². The van der Waals surface area contributed by atoms with Gasteiger partial charge < -0.3 is 5.32 Å². The zero-order valence-electron chi connectivity index (χ0n) is 7.91. The molecule has 1 amide bonds. The minimum Gasteiger partial charge on any atom is -0.321 e. The van der Waals surface area contributed by atoms with E-state index in [4.69, 9.17) is 23.2 Å². The summed E-state index contributed by atoms with van der Waals surface area (Å²) in [6, 6.07) is 9.10. The number of hydrogen-bond donors (Lipinski definition) is 1. The van der Waals surface area contributed by atoms with Crippen LogP contribution >= 0.6 is 34.7 Å². The summed E-state index contributed by atoms with van der Waals surface area (Å²) in [5, 5.41) is 3.05. The summed E-state index contributed by atoms with van der Waals surface area (Å²) in [5.41, 5.74) is 0.702. The molecule has 3 nitrogen and oxygen atoms in total. The van der Waals surface area contributed by atoms with Gasteiger partial charge in [-0.15, -0.1) is 0 Å². The highest BCUT2D eigenvalue weighted by Gasteiger charge is 2.17. The Bertz CT molecular complexity index is 513. The zero-order chi connectivity index (χ0) is 11.5. The van der Waals surface area contributed by atoms with E-state index in [-0.39, 0.29) is 16.1 Å². The van der Waals surface area contributed by atoms with Crippen LogP contribution in [-0.4, -0.2) is 10.3 Å². The minimum absolute atomic E-state index is 0.157. The van der Waals surface area contributed by atoms with Gasteiger partial charge in [-0.3, -0.25) is 4.79 Å². The van der Waals surface area contributed by atoms with E-state index >= 15 is 0 Å². The molecule has 6 heteroatoms. The lowest BCUT2D eigenvalue weighted by molar-refractivity contribution is 0.103. The number of carbonyl (C=O) groups excluding carboxylic acids is 1. The summed E-state index contributed by atoms with van der Waals surface area (Å²) in [7, 11) is 0. The minimum atomic E-state index is -0.305. The van der Waals surface area contributed by atoms with Crippen LogP contribution in [0.2, 0.25) is 10.2 Å². The van der Waals surface area contributed by atoms with Gasteiger partial charge in [0.25, 0.3) is 5.91 Å². The Kier molecular flexibility index (Phi) is 3.43. The normalized spacial score (nSPS) is 10.1. The fourth-order valence-corrected chi connectivity index (χ4v) is 2.22. The van der Waals surface area contributed by atoms with Crippen LogP contribution in [0.5, 0.6) is 0 Å². The molecular weight excluding hydrogens is 267 g/mol. The quantitative estimate of drug-likeness (QED) is 0.906. The fraction of sp³-hybridized carbons (Fsp3) is 0. The molecule has 0 spiro atoms. The first-order valence-electron chi connectivity index (χ1n) is 4.35. The SMILES string of the molecule is O=C(Nc1ccccc1)c1snc(Cl)c1Cl. The van der Waals surface area contributed by atoms with E-state index in [1.165, 1.54) is 0 Å². The second-order valence-electron chi connectivity index (χ2n) is 2.94. The van der Waals surface area contributed by atoms with Crippen LogP contribution in [0.1, 0.15) is 9.67 Å². The van der Waals surface area contributed by atoms with Crippen LogP contribution in [0.4, 0.5) is 5.69 Å². The number of amides is 1. The van der Waals surface area contributed by atoms with Crippen molar-refractivity contribution in [1.82, 2.24) is 4.37 Å². The molecule has 0 aliphatic carbocycles. The highest BCUT2D eigenvalue weighted by atomic mass is 35.5. The summed E-state index contributed by atoms with van der Waals surface area (Å²) in [4.78, 5) is 12.1. The molecule has 1 aromatic carbocycles. The van der Waals surface area contributed by atoms with Gasteiger partial charge in [0, 0.05) is 5.69 Å². The lowest BCUT2D eigenvalue weighted by Crippen LogP contribution is -2.10. The van der Waals surface area contributed by atoms with Crippen LogP contribution in [0.25, 0.3) is 0 Å². The smallest absolute Gasteiger partial charge is 0.268 e. The van der Waals surface area contributed by atoms with E-state index in [2.05, 4.69) is 9.69 Å². The van der Waals surface area contributed by atoms with Crippen molar-refractivity contribution < 1.29 is 4.79 Å². The second kappa shape index (κ2) is 4.82. The van der Waals surface area contributed by atoms with Crippen molar-refractivity contribution in [2.24, 2.45) is 0 Å². The average Bonchev–Trinajstić information content (AvgIpc) is 2.61. The number of halogens is 2. The van der Waals surface area contributed by atoms with Gasteiger partial charge in [0.15, 0.2) is 5.15 Å². The largest absolute Gasteiger partial charge is 0.321 e. The summed E-state index contributed by atoms with van der Waals surface area (Å²) in [6.07, 6.45) is 0. The summed E-state index contributed by atoms with van der Waals surface area (Å²) >= 11 is 12.5. The van der Waals surface area contributed by atoms with E-state index in [1.807, 2.05) is 18.2 Å². The molecule has 0 bridgehead atoms. The molecule has 0 saturated carbocycles. The average molecular weight is 273 g/mol. The monoisotopic (exact) mass is 272 g/mol. The lowest BCUT2D eigenvalue weighted by atomic mass is 10.3. The van der Waals surface area contributed by atoms with Crippen molar-refractivity contribution in [1.29, 1.82) is 0 Å². The molecule has 1 heterocycles.